The van der Waals surface area contributed by atoms with Gasteiger partial charge in [-0.1, -0.05) is 0 Å². The number of piperidine rings is 1. The molecule has 1 saturated heterocycles. The molecule has 0 saturated carbocycles. The van der Waals surface area contributed by atoms with Crippen LogP contribution in [-0.2, 0) is 14.3 Å². The summed E-state index contributed by atoms with van der Waals surface area (Å²) in [7, 11) is 0. The highest BCUT2D eigenvalue weighted by Gasteiger charge is 2.30. The Labute approximate surface area is 148 Å². The molecule has 1 N–H and O–H groups in total. The molecule has 0 unspecified atom stereocenters. The lowest BCUT2D eigenvalue weighted by atomic mass is 9.96. The second-order valence-corrected chi connectivity index (χ2v) is 6.36. The molecule has 1 aromatic carbocycles. The van der Waals surface area contributed by atoms with Gasteiger partial charge in [0, 0.05) is 11.3 Å². The number of likely N-dealkylation sites (tertiary alicyclic amines) is 1. The second kappa shape index (κ2) is 8.76. The lowest BCUT2D eigenvalue weighted by Gasteiger charge is -2.34. The van der Waals surface area contributed by atoms with Gasteiger partial charge in [-0.25, -0.2) is 0 Å². The number of rotatable bonds is 6. The van der Waals surface area contributed by atoms with E-state index in [9.17, 15) is 14.4 Å². The number of hydrogen-bond acceptors (Lipinski definition) is 5. The van der Waals surface area contributed by atoms with E-state index in [0.29, 0.717) is 43.8 Å². The van der Waals surface area contributed by atoms with Gasteiger partial charge in [-0.05, 0) is 71.0 Å². The van der Waals surface area contributed by atoms with Gasteiger partial charge < -0.3 is 10.1 Å². The summed E-state index contributed by atoms with van der Waals surface area (Å²) in [5.41, 5.74) is 1.29. The van der Waals surface area contributed by atoms with Gasteiger partial charge in [0.1, 0.15) is 0 Å². The number of carbonyl (C=O) groups excluding carboxylic acids is 3. The Balaban J connectivity index is 1.86. The third kappa shape index (κ3) is 5.13. The van der Waals surface area contributed by atoms with Gasteiger partial charge >= 0.3 is 5.97 Å². The van der Waals surface area contributed by atoms with Gasteiger partial charge in [0.05, 0.1) is 18.6 Å². The summed E-state index contributed by atoms with van der Waals surface area (Å²) in [5, 5.41) is 2.88. The minimum atomic E-state index is -0.282. The molecule has 1 fully saturated rings. The van der Waals surface area contributed by atoms with Crippen LogP contribution in [0.15, 0.2) is 24.3 Å². The zero-order chi connectivity index (χ0) is 18.4. The van der Waals surface area contributed by atoms with Crippen LogP contribution in [0.2, 0.25) is 0 Å². The number of nitrogens with zero attached hydrogens (tertiary/aromatic N) is 1. The number of hydrogen-bond donors (Lipinski definition) is 1. The Morgan fingerprint density at radius 3 is 2.32 bits per heavy atom. The van der Waals surface area contributed by atoms with Crippen LogP contribution in [0.25, 0.3) is 0 Å². The number of benzene rings is 1. The largest absolute Gasteiger partial charge is 0.466 e. The summed E-state index contributed by atoms with van der Waals surface area (Å²) in [6.45, 7) is 6.98. The molecule has 1 aliphatic heterocycles. The fourth-order valence-corrected chi connectivity index (χ4v) is 2.98. The van der Waals surface area contributed by atoms with Crippen molar-refractivity contribution in [2.45, 2.75) is 39.7 Å². The molecule has 6 heteroatoms. The van der Waals surface area contributed by atoms with Crippen LogP contribution < -0.4 is 5.32 Å². The Morgan fingerprint density at radius 2 is 1.80 bits per heavy atom. The summed E-state index contributed by atoms with van der Waals surface area (Å²) in [6, 6.07) is 6.58. The number of ketones is 1. The summed E-state index contributed by atoms with van der Waals surface area (Å²) in [5.74, 6) is -0.295. The van der Waals surface area contributed by atoms with Crippen molar-refractivity contribution in [1.29, 1.82) is 0 Å². The molecular weight excluding hydrogens is 320 g/mol. The topological polar surface area (TPSA) is 75.7 Å². The van der Waals surface area contributed by atoms with E-state index in [1.165, 1.54) is 6.92 Å². The predicted molar refractivity (Wildman–Crippen MR) is 95.5 cm³/mol. The molecule has 0 bridgehead atoms. The molecule has 1 amide bonds. The van der Waals surface area contributed by atoms with Crippen molar-refractivity contribution in [3.63, 3.8) is 0 Å². The Kier molecular flexibility index (Phi) is 6.70. The van der Waals surface area contributed by atoms with Gasteiger partial charge in [-0.15, -0.1) is 0 Å². The minimum absolute atomic E-state index is 0.00397. The molecule has 1 aromatic rings. The Hall–Kier alpha value is -2.21. The molecule has 2 rings (SSSR count). The SMILES string of the molecule is CCOC(=O)C1CCN([C@@H](C)C(=O)Nc2ccc(C(C)=O)cc2)CC1. The molecule has 6 nitrogen and oxygen atoms in total. The molecular formula is C19H26N2O4. The molecule has 1 atom stereocenters. The van der Waals surface area contributed by atoms with Gasteiger partial charge in [-0.2, -0.15) is 0 Å². The van der Waals surface area contributed by atoms with E-state index < -0.39 is 0 Å². The summed E-state index contributed by atoms with van der Waals surface area (Å²) in [4.78, 5) is 37.6. The standard InChI is InChI=1S/C19H26N2O4/c1-4-25-19(24)16-9-11-21(12-10-16)13(2)18(23)20-17-7-5-15(6-8-17)14(3)22/h5-8,13,16H,4,9-12H2,1-3H3,(H,20,23)/t13-/m0/s1. The van der Waals surface area contributed by atoms with Gasteiger partial charge in [0.2, 0.25) is 5.91 Å². The number of carbonyl (C=O) groups is 3. The normalized spacial score (nSPS) is 16.9. The van der Waals surface area contributed by atoms with Crippen molar-refractivity contribution in [2.75, 3.05) is 25.0 Å². The summed E-state index contributed by atoms with van der Waals surface area (Å²) in [6.07, 6.45) is 1.42. The smallest absolute Gasteiger partial charge is 0.309 e. The highest BCUT2D eigenvalue weighted by Crippen LogP contribution is 2.21. The maximum atomic E-state index is 12.4. The highest BCUT2D eigenvalue weighted by molar-refractivity contribution is 5.97. The number of Topliss-reactive ketones (excluding diaryl/α,β-unsaturated/α-hetero) is 1. The van der Waals surface area contributed by atoms with Crippen LogP contribution in [0.5, 0.6) is 0 Å². The second-order valence-electron chi connectivity index (χ2n) is 6.36. The van der Waals surface area contributed by atoms with Crippen LogP contribution in [0, 0.1) is 5.92 Å². The first-order chi connectivity index (χ1) is 11.9. The van der Waals surface area contributed by atoms with Gasteiger partial charge in [-0.3, -0.25) is 19.3 Å². The average molecular weight is 346 g/mol. The van der Waals surface area contributed by atoms with Crippen molar-refractivity contribution < 1.29 is 19.1 Å². The molecule has 0 spiro atoms. The van der Waals surface area contributed by atoms with Crippen LogP contribution in [0.1, 0.15) is 44.0 Å². The molecule has 136 valence electrons. The van der Waals surface area contributed by atoms with Crippen LogP contribution in [-0.4, -0.2) is 48.3 Å². The first kappa shape index (κ1) is 19.1. The fourth-order valence-electron chi connectivity index (χ4n) is 2.98. The van der Waals surface area contributed by atoms with E-state index in [2.05, 4.69) is 10.2 Å². The third-order valence-corrected chi connectivity index (χ3v) is 4.64. The Bertz CT molecular complexity index is 619. The van der Waals surface area contributed by atoms with Crippen molar-refractivity contribution in [2.24, 2.45) is 5.92 Å². The van der Waals surface area contributed by atoms with E-state index in [4.69, 9.17) is 4.74 Å². The number of ether oxygens (including phenoxy) is 1. The van der Waals surface area contributed by atoms with Gasteiger partial charge in [0.15, 0.2) is 5.78 Å². The lowest BCUT2D eigenvalue weighted by molar-refractivity contribution is -0.149. The molecule has 0 radical (unpaired) electrons. The van der Waals surface area contributed by atoms with Crippen molar-refractivity contribution in [1.82, 2.24) is 4.90 Å². The molecule has 25 heavy (non-hydrogen) atoms. The van der Waals surface area contributed by atoms with Crippen LogP contribution in [0.3, 0.4) is 0 Å². The predicted octanol–water partition coefficient (Wildman–Crippen LogP) is 2.49. The third-order valence-electron chi connectivity index (χ3n) is 4.64. The van der Waals surface area contributed by atoms with E-state index in [1.54, 1.807) is 24.3 Å². The maximum Gasteiger partial charge on any atom is 0.309 e. The monoisotopic (exact) mass is 346 g/mol. The number of amides is 1. The van der Waals surface area contributed by atoms with E-state index in [0.717, 1.165) is 0 Å². The Morgan fingerprint density at radius 1 is 1.20 bits per heavy atom. The van der Waals surface area contributed by atoms with E-state index in [1.807, 2.05) is 13.8 Å². The first-order valence-corrected chi connectivity index (χ1v) is 8.75. The fraction of sp³-hybridized carbons (Fsp3) is 0.526. The zero-order valence-corrected chi connectivity index (χ0v) is 15.1. The van der Waals surface area contributed by atoms with Crippen molar-refractivity contribution in [3.05, 3.63) is 29.8 Å². The number of nitrogens with one attached hydrogen (secondary N) is 1. The lowest BCUT2D eigenvalue weighted by Crippen LogP contribution is -2.47. The van der Waals surface area contributed by atoms with E-state index >= 15 is 0 Å². The average Bonchev–Trinajstić information content (AvgIpc) is 2.61. The number of anilines is 1. The zero-order valence-electron chi connectivity index (χ0n) is 15.1. The quantitative estimate of drug-likeness (QED) is 0.633. The minimum Gasteiger partial charge on any atom is -0.466 e. The first-order valence-electron chi connectivity index (χ1n) is 8.75. The van der Waals surface area contributed by atoms with Gasteiger partial charge in [0.25, 0.3) is 0 Å². The molecule has 1 heterocycles. The van der Waals surface area contributed by atoms with E-state index in [-0.39, 0.29) is 29.6 Å². The van der Waals surface area contributed by atoms with Crippen LogP contribution in [0.4, 0.5) is 5.69 Å². The molecule has 0 aliphatic carbocycles. The van der Waals surface area contributed by atoms with Crippen LogP contribution >= 0.6 is 0 Å². The maximum absolute atomic E-state index is 12.4. The number of esters is 1. The summed E-state index contributed by atoms with van der Waals surface area (Å²) >= 11 is 0. The van der Waals surface area contributed by atoms with Crippen molar-refractivity contribution >= 4 is 23.3 Å². The summed E-state index contributed by atoms with van der Waals surface area (Å²) < 4.78 is 5.07. The highest BCUT2D eigenvalue weighted by atomic mass is 16.5. The van der Waals surface area contributed by atoms with Crippen molar-refractivity contribution in [3.8, 4) is 0 Å². The molecule has 1 aliphatic rings. The molecule has 0 aromatic heterocycles.